The minimum Gasteiger partial charge on any atom is -0.386 e. The van der Waals surface area contributed by atoms with Gasteiger partial charge in [0.05, 0.1) is 24.3 Å². The molecule has 0 atom stereocenters. The summed E-state index contributed by atoms with van der Waals surface area (Å²) >= 11 is 0. The standard InChI is InChI=1S/C9H10FN5.ClH/c1-11-8-4-14-15(5-8)6-9-12-2-7(10)3-13-9;/h2-5,11H,6H2,1H3;1H. The summed E-state index contributed by atoms with van der Waals surface area (Å²) in [6.07, 6.45) is 5.81. The number of hydrogen-bond acceptors (Lipinski definition) is 4. The summed E-state index contributed by atoms with van der Waals surface area (Å²) in [5.74, 6) is 0.0947. The summed E-state index contributed by atoms with van der Waals surface area (Å²) in [5, 5.41) is 7.04. The highest BCUT2D eigenvalue weighted by atomic mass is 35.5. The van der Waals surface area contributed by atoms with Gasteiger partial charge in [-0.25, -0.2) is 14.4 Å². The molecule has 0 aromatic carbocycles. The fraction of sp³-hybridized carbons (Fsp3) is 0.222. The number of hydrogen-bond donors (Lipinski definition) is 1. The quantitative estimate of drug-likeness (QED) is 0.884. The van der Waals surface area contributed by atoms with Crippen molar-refractivity contribution in [3.05, 3.63) is 36.4 Å². The predicted molar refractivity (Wildman–Crippen MR) is 60.1 cm³/mol. The van der Waals surface area contributed by atoms with Crippen molar-refractivity contribution in [1.82, 2.24) is 19.7 Å². The summed E-state index contributed by atoms with van der Waals surface area (Å²) in [6.45, 7) is 0.432. The van der Waals surface area contributed by atoms with Crippen LogP contribution in [0.4, 0.5) is 10.1 Å². The van der Waals surface area contributed by atoms with E-state index in [2.05, 4.69) is 20.4 Å². The molecule has 2 rings (SSSR count). The van der Waals surface area contributed by atoms with E-state index in [0.717, 1.165) is 18.1 Å². The number of nitrogens with zero attached hydrogens (tertiary/aromatic N) is 4. The van der Waals surface area contributed by atoms with Crippen molar-refractivity contribution in [2.24, 2.45) is 0 Å². The molecule has 7 heteroatoms. The van der Waals surface area contributed by atoms with Crippen molar-refractivity contribution >= 4 is 18.1 Å². The third-order valence-corrected chi connectivity index (χ3v) is 1.90. The van der Waals surface area contributed by atoms with E-state index in [1.54, 1.807) is 10.9 Å². The maximum absolute atomic E-state index is 12.5. The van der Waals surface area contributed by atoms with Gasteiger partial charge < -0.3 is 5.32 Å². The topological polar surface area (TPSA) is 55.6 Å². The summed E-state index contributed by atoms with van der Waals surface area (Å²) in [5.41, 5.74) is 0.914. The first-order valence-corrected chi connectivity index (χ1v) is 4.44. The van der Waals surface area contributed by atoms with Crippen LogP contribution in [0.1, 0.15) is 5.82 Å². The average molecular weight is 244 g/mol. The number of aromatic nitrogens is 4. The predicted octanol–water partition coefficient (Wildman–Crippen LogP) is 1.32. The van der Waals surface area contributed by atoms with E-state index in [9.17, 15) is 4.39 Å². The number of rotatable bonds is 3. The molecule has 0 aliphatic carbocycles. The highest BCUT2D eigenvalue weighted by Gasteiger charge is 2.00. The van der Waals surface area contributed by atoms with Crippen LogP contribution in [-0.2, 0) is 6.54 Å². The zero-order valence-corrected chi connectivity index (χ0v) is 9.41. The number of halogens is 2. The largest absolute Gasteiger partial charge is 0.386 e. The van der Waals surface area contributed by atoms with Crippen LogP contribution in [0.3, 0.4) is 0 Å². The molecule has 2 aromatic heterocycles. The fourth-order valence-corrected chi connectivity index (χ4v) is 1.14. The second-order valence-corrected chi connectivity index (χ2v) is 2.99. The van der Waals surface area contributed by atoms with E-state index in [0.29, 0.717) is 12.4 Å². The van der Waals surface area contributed by atoms with Crippen LogP contribution in [0.25, 0.3) is 0 Å². The molecule has 0 amide bonds. The first-order chi connectivity index (χ1) is 7.28. The Hall–Kier alpha value is -1.69. The maximum atomic E-state index is 12.5. The highest BCUT2D eigenvalue weighted by molar-refractivity contribution is 5.85. The fourth-order valence-electron chi connectivity index (χ4n) is 1.14. The first-order valence-electron chi connectivity index (χ1n) is 4.44. The molecule has 0 fully saturated rings. The van der Waals surface area contributed by atoms with Crippen LogP contribution in [0.2, 0.25) is 0 Å². The molecule has 0 unspecified atom stereocenters. The monoisotopic (exact) mass is 243 g/mol. The Kier molecular flexibility index (Phi) is 4.19. The molecule has 0 saturated heterocycles. The smallest absolute Gasteiger partial charge is 0.159 e. The lowest BCUT2D eigenvalue weighted by atomic mass is 10.5. The van der Waals surface area contributed by atoms with Crippen LogP contribution in [0.5, 0.6) is 0 Å². The molecule has 0 aliphatic rings. The van der Waals surface area contributed by atoms with Crippen molar-refractivity contribution in [3.8, 4) is 0 Å². The number of anilines is 1. The molecule has 0 radical (unpaired) electrons. The molecular formula is C9H11ClFN5. The third-order valence-electron chi connectivity index (χ3n) is 1.90. The molecule has 0 bridgehead atoms. The van der Waals surface area contributed by atoms with E-state index in [4.69, 9.17) is 0 Å². The van der Waals surface area contributed by atoms with Crippen molar-refractivity contribution in [2.45, 2.75) is 6.54 Å². The first kappa shape index (κ1) is 12.4. The van der Waals surface area contributed by atoms with Crippen LogP contribution in [-0.4, -0.2) is 26.8 Å². The zero-order chi connectivity index (χ0) is 10.7. The molecule has 0 aliphatic heterocycles. The molecule has 5 nitrogen and oxygen atoms in total. The third kappa shape index (κ3) is 2.90. The van der Waals surface area contributed by atoms with E-state index < -0.39 is 5.82 Å². The summed E-state index contributed by atoms with van der Waals surface area (Å²) in [7, 11) is 1.82. The minimum atomic E-state index is -0.435. The van der Waals surface area contributed by atoms with Gasteiger partial charge in [0.1, 0.15) is 12.4 Å². The molecule has 2 heterocycles. The Morgan fingerprint density at radius 1 is 1.31 bits per heavy atom. The molecule has 0 saturated carbocycles. The second-order valence-electron chi connectivity index (χ2n) is 2.99. The van der Waals surface area contributed by atoms with Gasteiger partial charge in [0.25, 0.3) is 0 Å². The molecule has 0 spiro atoms. The van der Waals surface area contributed by atoms with Gasteiger partial charge in [-0.15, -0.1) is 12.4 Å². The number of nitrogens with one attached hydrogen (secondary N) is 1. The van der Waals surface area contributed by atoms with Crippen molar-refractivity contribution < 1.29 is 4.39 Å². The van der Waals surface area contributed by atoms with Gasteiger partial charge in [-0.1, -0.05) is 0 Å². The van der Waals surface area contributed by atoms with Gasteiger partial charge in [0.2, 0.25) is 0 Å². The van der Waals surface area contributed by atoms with Gasteiger partial charge in [-0.2, -0.15) is 5.10 Å². The highest BCUT2D eigenvalue weighted by Crippen LogP contribution is 2.04. The van der Waals surface area contributed by atoms with Crippen LogP contribution in [0.15, 0.2) is 24.8 Å². The Labute approximate surface area is 98.1 Å². The maximum Gasteiger partial charge on any atom is 0.159 e. The summed E-state index contributed by atoms with van der Waals surface area (Å²) in [4.78, 5) is 7.68. The Morgan fingerprint density at radius 2 is 2.00 bits per heavy atom. The van der Waals surface area contributed by atoms with Crippen molar-refractivity contribution in [2.75, 3.05) is 12.4 Å². The molecule has 2 aromatic rings. The SMILES string of the molecule is CNc1cnn(Cc2ncc(F)cn2)c1.Cl. The van der Waals surface area contributed by atoms with E-state index in [1.165, 1.54) is 0 Å². The van der Waals surface area contributed by atoms with Gasteiger partial charge in [-0.05, 0) is 0 Å². The molecular weight excluding hydrogens is 233 g/mol. The Bertz CT molecular complexity index is 441. The molecule has 1 N–H and O–H groups in total. The van der Waals surface area contributed by atoms with Crippen LogP contribution >= 0.6 is 12.4 Å². The summed E-state index contributed by atoms with van der Waals surface area (Å²) < 4.78 is 14.2. The zero-order valence-electron chi connectivity index (χ0n) is 8.59. The van der Waals surface area contributed by atoms with Gasteiger partial charge >= 0.3 is 0 Å². The van der Waals surface area contributed by atoms with Crippen LogP contribution < -0.4 is 5.32 Å². The average Bonchev–Trinajstić information content (AvgIpc) is 2.69. The molecule has 16 heavy (non-hydrogen) atoms. The van der Waals surface area contributed by atoms with Gasteiger partial charge in [0, 0.05) is 13.2 Å². The summed E-state index contributed by atoms with van der Waals surface area (Å²) in [6, 6.07) is 0. The van der Waals surface area contributed by atoms with E-state index in [-0.39, 0.29) is 12.4 Å². The lowest BCUT2D eigenvalue weighted by molar-refractivity contribution is 0.596. The van der Waals surface area contributed by atoms with Crippen molar-refractivity contribution in [1.29, 1.82) is 0 Å². The lowest BCUT2D eigenvalue weighted by Crippen LogP contribution is -2.04. The Balaban J connectivity index is 0.00000128. The molecule has 86 valence electrons. The van der Waals surface area contributed by atoms with Gasteiger partial charge in [-0.3, -0.25) is 4.68 Å². The normalized spacial score (nSPS) is 9.62. The van der Waals surface area contributed by atoms with Crippen molar-refractivity contribution in [3.63, 3.8) is 0 Å². The minimum absolute atomic E-state index is 0. The Morgan fingerprint density at radius 3 is 2.56 bits per heavy atom. The second kappa shape index (κ2) is 5.41. The van der Waals surface area contributed by atoms with E-state index >= 15 is 0 Å². The van der Waals surface area contributed by atoms with Gasteiger partial charge in [0.15, 0.2) is 5.82 Å². The van der Waals surface area contributed by atoms with E-state index in [1.807, 2.05) is 13.2 Å². The lowest BCUT2D eigenvalue weighted by Gasteiger charge is -1.99. The van der Waals surface area contributed by atoms with Crippen LogP contribution in [0, 0.1) is 5.82 Å².